The van der Waals surface area contributed by atoms with Crippen molar-refractivity contribution in [1.29, 1.82) is 5.26 Å². The number of rotatable bonds is 2. The van der Waals surface area contributed by atoms with Gasteiger partial charge < -0.3 is 0 Å². The van der Waals surface area contributed by atoms with Gasteiger partial charge in [0.2, 0.25) is 0 Å². The fraction of sp³-hybridized carbons (Fsp3) is 0.400. The van der Waals surface area contributed by atoms with Crippen LogP contribution in [0.4, 0.5) is 0 Å². The van der Waals surface area contributed by atoms with Crippen LogP contribution in [0.2, 0.25) is 0 Å². The van der Waals surface area contributed by atoms with Gasteiger partial charge in [-0.05, 0) is 45.7 Å². The van der Waals surface area contributed by atoms with Gasteiger partial charge in [-0.2, -0.15) is 10.4 Å². The molecule has 2 rings (SSSR count). The highest BCUT2D eigenvalue weighted by Gasteiger charge is 2.16. The molecule has 0 atom stereocenters. The van der Waals surface area contributed by atoms with Gasteiger partial charge in [-0.15, -0.1) is 0 Å². The molecule has 0 aliphatic carbocycles. The lowest BCUT2D eigenvalue weighted by molar-refractivity contribution is 0.822. The van der Waals surface area contributed by atoms with Crippen molar-refractivity contribution in [2.24, 2.45) is 0 Å². The molecule has 0 radical (unpaired) electrons. The summed E-state index contributed by atoms with van der Waals surface area (Å²) in [6.45, 7) is 9.97. The van der Waals surface area contributed by atoms with Crippen molar-refractivity contribution in [1.82, 2.24) is 14.8 Å². The van der Waals surface area contributed by atoms with Gasteiger partial charge in [-0.1, -0.05) is 6.92 Å². The fourth-order valence-corrected chi connectivity index (χ4v) is 2.53. The molecule has 98 valence electrons. The molecule has 0 amide bonds. The van der Waals surface area contributed by atoms with Crippen LogP contribution in [0.15, 0.2) is 6.07 Å². The largest absolute Gasteiger partial charge is 0.257 e. The number of nitriles is 1. The van der Waals surface area contributed by atoms with Crippen molar-refractivity contribution in [3.8, 4) is 11.8 Å². The zero-order chi connectivity index (χ0) is 14.2. The van der Waals surface area contributed by atoms with Crippen molar-refractivity contribution < 1.29 is 0 Å². The molecule has 4 heteroatoms. The molecule has 0 N–H and O–H groups in total. The molecule has 19 heavy (non-hydrogen) atoms. The van der Waals surface area contributed by atoms with Crippen molar-refractivity contribution in [3.05, 3.63) is 40.0 Å². The fourth-order valence-electron chi connectivity index (χ4n) is 2.53. The lowest BCUT2D eigenvalue weighted by Gasteiger charge is -2.10. The van der Waals surface area contributed by atoms with E-state index in [0.29, 0.717) is 5.56 Å². The summed E-state index contributed by atoms with van der Waals surface area (Å²) in [5.74, 6) is 0. The van der Waals surface area contributed by atoms with E-state index in [1.54, 1.807) is 0 Å². The van der Waals surface area contributed by atoms with Gasteiger partial charge in [0.25, 0.3) is 0 Å². The Hall–Kier alpha value is -2.15. The third-order valence-electron chi connectivity index (χ3n) is 3.44. The summed E-state index contributed by atoms with van der Waals surface area (Å²) in [7, 11) is 0. The zero-order valence-corrected chi connectivity index (χ0v) is 12.1. The predicted octanol–water partition coefficient (Wildman–Crippen LogP) is 2.94. The average molecular weight is 254 g/mol. The van der Waals surface area contributed by atoms with E-state index in [9.17, 15) is 5.26 Å². The van der Waals surface area contributed by atoms with Crippen molar-refractivity contribution in [3.63, 3.8) is 0 Å². The van der Waals surface area contributed by atoms with Crippen LogP contribution in [0, 0.1) is 39.0 Å². The van der Waals surface area contributed by atoms with Crippen molar-refractivity contribution in [2.75, 3.05) is 0 Å². The molecule has 2 aromatic rings. The van der Waals surface area contributed by atoms with Crippen LogP contribution in [0.1, 0.15) is 40.8 Å². The predicted molar refractivity (Wildman–Crippen MR) is 74.4 cm³/mol. The van der Waals surface area contributed by atoms with Crippen LogP contribution in [0.3, 0.4) is 0 Å². The van der Waals surface area contributed by atoms with E-state index in [-0.39, 0.29) is 0 Å². The van der Waals surface area contributed by atoms with Crippen LogP contribution >= 0.6 is 0 Å². The summed E-state index contributed by atoms with van der Waals surface area (Å²) in [5, 5.41) is 13.9. The molecule has 0 unspecified atom stereocenters. The molecule has 0 saturated carbocycles. The third-order valence-corrected chi connectivity index (χ3v) is 3.44. The van der Waals surface area contributed by atoms with Crippen LogP contribution in [0.5, 0.6) is 0 Å². The number of hydrogen-bond acceptors (Lipinski definition) is 3. The molecular weight excluding hydrogens is 236 g/mol. The number of nitrogens with zero attached hydrogens (tertiary/aromatic N) is 4. The Balaban J connectivity index is 2.76. The molecule has 0 bridgehead atoms. The average Bonchev–Trinajstić information content (AvgIpc) is 2.63. The van der Waals surface area contributed by atoms with E-state index in [1.807, 2.05) is 38.4 Å². The first kappa shape index (κ1) is 13.3. The van der Waals surface area contributed by atoms with E-state index in [1.165, 1.54) is 5.56 Å². The molecule has 0 fully saturated rings. The molecule has 2 heterocycles. The number of hydrogen-bond donors (Lipinski definition) is 0. The summed E-state index contributed by atoms with van der Waals surface area (Å²) in [5.41, 5.74) is 6.44. The van der Waals surface area contributed by atoms with Gasteiger partial charge in [0.15, 0.2) is 0 Å². The summed E-state index contributed by atoms with van der Waals surface area (Å²) in [4.78, 5) is 4.35. The number of pyridine rings is 1. The highest BCUT2D eigenvalue weighted by Crippen LogP contribution is 2.22. The smallest absolute Gasteiger partial charge is 0.103 e. The Labute approximate surface area is 113 Å². The van der Waals surface area contributed by atoms with Gasteiger partial charge in [0.1, 0.15) is 6.07 Å². The summed E-state index contributed by atoms with van der Waals surface area (Å²) >= 11 is 0. The van der Waals surface area contributed by atoms with Crippen LogP contribution in [0.25, 0.3) is 5.69 Å². The second kappa shape index (κ2) is 4.85. The SMILES string of the molecule is CCc1c(C)nn(-c2cc(C)nc(C)c2C#N)c1C. The highest BCUT2D eigenvalue weighted by molar-refractivity contribution is 5.52. The second-order valence-corrected chi connectivity index (χ2v) is 4.77. The Morgan fingerprint density at radius 1 is 1.21 bits per heavy atom. The molecular formula is C15H18N4. The molecule has 0 saturated heterocycles. The van der Waals surface area contributed by atoms with Gasteiger partial charge in [0, 0.05) is 11.4 Å². The molecule has 0 aromatic carbocycles. The van der Waals surface area contributed by atoms with Crippen molar-refractivity contribution >= 4 is 0 Å². The molecule has 4 nitrogen and oxygen atoms in total. The second-order valence-electron chi connectivity index (χ2n) is 4.77. The van der Waals surface area contributed by atoms with E-state index in [0.717, 1.165) is 34.9 Å². The third kappa shape index (κ3) is 2.12. The highest BCUT2D eigenvalue weighted by atomic mass is 15.3. The Bertz CT molecular complexity index is 674. The number of aromatic nitrogens is 3. The molecule has 2 aromatic heterocycles. The Morgan fingerprint density at radius 2 is 1.89 bits per heavy atom. The van der Waals surface area contributed by atoms with Crippen LogP contribution in [-0.4, -0.2) is 14.8 Å². The Morgan fingerprint density at radius 3 is 2.42 bits per heavy atom. The quantitative estimate of drug-likeness (QED) is 0.828. The summed E-state index contributed by atoms with van der Waals surface area (Å²) in [6.07, 6.45) is 0.947. The van der Waals surface area contributed by atoms with Gasteiger partial charge in [-0.3, -0.25) is 4.98 Å². The van der Waals surface area contributed by atoms with Gasteiger partial charge >= 0.3 is 0 Å². The minimum absolute atomic E-state index is 0.596. The maximum atomic E-state index is 9.34. The maximum absolute atomic E-state index is 9.34. The maximum Gasteiger partial charge on any atom is 0.103 e. The first-order valence-corrected chi connectivity index (χ1v) is 6.43. The van der Waals surface area contributed by atoms with Crippen LogP contribution < -0.4 is 0 Å². The lowest BCUT2D eigenvalue weighted by atomic mass is 10.1. The lowest BCUT2D eigenvalue weighted by Crippen LogP contribution is -2.06. The number of aryl methyl sites for hydroxylation is 3. The van der Waals surface area contributed by atoms with Gasteiger partial charge in [0.05, 0.1) is 22.6 Å². The molecule has 0 aliphatic heterocycles. The van der Waals surface area contributed by atoms with E-state index in [2.05, 4.69) is 23.1 Å². The Kier molecular flexibility index (Phi) is 3.39. The van der Waals surface area contributed by atoms with E-state index in [4.69, 9.17) is 0 Å². The van der Waals surface area contributed by atoms with E-state index < -0.39 is 0 Å². The first-order chi connectivity index (χ1) is 8.99. The standard InChI is InChI=1S/C15H18N4/c1-6-13-11(4)18-19(12(13)5)15-7-9(2)17-10(3)14(15)8-16/h7H,6H2,1-5H3. The summed E-state index contributed by atoms with van der Waals surface area (Å²) in [6, 6.07) is 4.16. The summed E-state index contributed by atoms with van der Waals surface area (Å²) < 4.78 is 1.87. The normalized spacial score (nSPS) is 10.5. The minimum atomic E-state index is 0.596. The molecule has 0 aliphatic rings. The molecule has 0 spiro atoms. The van der Waals surface area contributed by atoms with Crippen molar-refractivity contribution in [2.45, 2.75) is 41.0 Å². The van der Waals surface area contributed by atoms with Crippen LogP contribution in [-0.2, 0) is 6.42 Å². The monoisotopic (exact) mass is 254 g/mol. The minimum Gasteiger partial charge on any atom is -0.257 e. The zero-order valence-electron chi connectivity index (χ0n) is 12.1. The topological polar surface area (TPSA) is 54.5 Å². The van der Waals surface area contributed by atoms with Gasteiger partial charge in [-0.25, -0.2) is 4.68 Å². The van der Waals surface area contributed by atoms with E-state index >= 15 is 0 Å². The first-order valence-electron chi connectivity index (χ1n) is 6.43.